The Morgan fingerprint density at radius 1 is 1.05 bits per heavy atom. The number of carbonyl (C=O) groups is 2. The number of rotatable bonds is 3. The Hall–Kier alpha value is -2.96. The molecule has 0 bridgehead atoms. The monoisotopic (exact) mass is 292 g/mol. The van der Waals surface area contributed by atoms with Gasteiger partial charge in [-0.1, -0.05) is 0 Å². The molecule has 2 rings (SSSR count). The van der Waals surface area contributed by atoms with E-state index >= 15 is 0 Å². The van der Waals surface area contributed by atoms with Crippen molar-refractivity contribution < 1.29 is 23.5 Å². The van der Waals surface area contributed by atoms with Gasteiger partial charge in [-0.3, -0.25) is 4.79 Å². The van der Waals surface area contributed by atoms with Crippen LogP contribution in [0.3, 0.4) is 0 Å². The number of urea groups is 1. The normalized spacial score (nSPS) is 10.0. The summed E-state index contributed by atoms with van der Waals surface area (Å²) in [5.41, 5.74) is 0.0443. The highest BCUT2D eigenvalue weighted by Crippen LogP contribution is 2.24. The summed E-state index contributed by atoms with van der Waals surface area (Å²) in [6.45, 7) is 0. The number of amides is 2. The summed E-state index contributed by atoms with van der Waals surface area (Å²) >= 11 is 0. The standard InChI is InChI=1S/C14H10F2N2O3/c15-9-1-3-10(4-2-9)17-14(21)18-11-5-8(7-19)13(20)12(16)6-11/h1-7,20H,(H2,17,18,21). The lowest BCUT2D eigenvalue weighted by molar-refractivity contribution is 0.112. The summed E-state index contributed by atoms with van der Waals surface area (Å²) in [6, 6.07) is 6.32. The maximum atomic E-state index is 13.3. The summed E-state index contributed by atoms with van der Waals surface area (Å²) in [5.74, 6) is -2.26. The number of phenolic OH excluding ortho intramolecular Hbond substituents is 1. The van der Waals surface area contributed by atoms with Crippen LogP contribution in [0.2, 0.25) is 0 Å². The molecule has 2 aromatic rings. The highest BCUT2D eigenvalue weighted by Gasteiger charge is 2.11. The topological polar surface area (TPSA) is 78.4 Å². The molecule has 0 saturated heterocycles. The van der Waals surface area contributed by atoms with Gasteiger partial charge in [-0.25, -0.2) is 13.6 Å². The Balaban J connectivity index is 2.11. The van der Waals surface area contributed by atoms with E-state index in [1.807, 2.05) is 0 Å². The lowest BCUT2D eigenvalue weighted by Gasteiger charge is -2.09. The smallest absolute Gasteiger partial charge is 0.323 e. The molecule has 0 aliphatic heterocycles. The number of nitrogens with one attached hydrogen (secondary N) is 2. The van der Waals surface area contributed by atoms with Crippen LogP contribution in [0.25, 0.3) is 0 Å². The summed E-state index contributed by atoms with van der Waals surface area (Å²) in [7, 11) is 0. The Labute approximate surface area is 118 Å². The first-order chi connectivity index (χ1) is 9.99. The zero-order valence-electron chi connectivity index (χ0n) is 10.6. The van der Waals surface area contributed by atoms with E-state index in [2.05, 4.69) is 10.6 Å². The molecule has 0 spiro atoms. The predicted molar refractivity (Wildman–Crippen MR) is 72.5 cm³/mol. The fourth-order valence-electron chi connectivity index (χ4n) is 1.61. The number of aromatic hydroxyl groups is 1. The van der Waals surface area contributed by atoms with Gasteiger partial charge in [-0.2, -0.15) is 0 Å². The van der Waals surface area contributed by atoms with E-state index in [1.165, 1.54) is 24.3 Å². The van der Waals surface area contributed by atoms with Crippen LogP contribution in [0.1, 0.15) is 10.4 Å². The minimum absolute atomic E-state index is 0.00740. The van der Waals surface area contributed by atoms with E-state index in [9.17, 15) is 23.5 Å². The SMILES string of the molecule is O=Cc1cc(NC(=O)Nc2ccc(F)cc2)cc(F)c1O. The molecule has 0 unspecified atom stereocenters. The Morgan fingerprint density at radius 3 is 2.29 bits per heavy atom. The van der Waals surface area contributed by atoms with Gasteiger partial charge in [0.2, 0.25) is 0 Å². The van der Waals surface area contributed by atoms with Crippen molar-refractivity contribution in [3.05, 3.63) is 53.6 Å². The average molecular weight is 292 g/mol. The van der Waals surface area contributed by atoms with Crippen LogP contribution in [0.15, 0.2) is 36.4 Å². The van der Waals surface area contributed by atoms with Crippen LogP contribution in [0.5, 0.6) is 5.75 Å². The minimum Gasteiger partial charge on any atom is -0.504 e. The first-order valence-corrected chi connectivity index (χ1v) is 5.81. The van der Waals surface area contributed by atoms with Crippen LogP contribution in [-0.4, -0.2) is 17.4 Å². The van der Waals surface area contributed by atoms with E-state index in [4.69, 9.17) is 0 Å². The van der Waals surface area contributed by atoms with Gasteiger partial charge < -0.3 is 15.7 Å². The van der Waals surface area contributed by atoms with E-state index in [1.54, 1.807) is 0 Å². The van der Waals surface area contributed by atoms with Gasteiger partial charge in [-0.15, -0.1) is 0 Å². The highest BCUT2D eigenvalue weighted by molar-refractivity contribution is 6.00. The minimum atomic E-state index is -1.03. The molecular weight excluding hydrogens is 282 g/mol. The molecule has 0 fully saturated rings. The maximum Gasteiger partial charge on any atom is 0.323 e. The second-order valence-electron chi connectivity index (χ2n) is 4.10. The first-order valence-electron chi connectivity index (χ1n) is 5.81. The molecule has 0 aliphatic rings. The third-order valence-corrected chi connectivity index (χ3v) is 2.58. The van der Waals surface area contributed by atoms with Gasteiger partial charge in [0, 0.05) is 17.4 Å². The predicted octanol–water partition coefficient (Wildman–Crippen LogP) is 3.13. The number of halogens is 2. The molecule has 3 N–H and O–H groups in total. The highest BCUT2D eigenvalue weighted by atomic mass is 19.1. The molecule has 0 aliphatic carbocycles. The molecule has 5 nitrogen and oxygen atoms in total. The first kappa shape index (κ1) is 14.4. The third kappa shape index (κ3) is 3.53. The Kier molecular flexibility index (Phi) is 4.13. The van der Waals surface area contributed by atoms with E-state index in [0.29, 0.717) is 5.69 Å². The second-order valence-corrected chi connectivity index (χ2v) is 4.10. The van der Waals surface area contributed by atoms with Gasteiger partial charge in [-0.05, 0) is 30.3 Å². The largest absolute Gasteiger partial charge is 0.504 e. The van der Waals surface area contributed by atoms with E-state index < -0.39 is 23.4 Å². The van der Waals surface area contributed by atoms with Gasteiger partial charge in [0.05, 0.1) is 5.56 Å². The van der Waals surface area contributed by atoms with E-state index in [-0.39, 0.29) is 17.5 Å². The molecular formula is C14H10F2N2O3. The second kappa shape index (κ2) is 6.00. The molecule has 0 radical (unpaired) electrons. The molecule has 2 aromatic carbocycles. The van der Waals surface area contributed by atoms with Crippen molar-refractivity contribution in [2.75, 3.05) is 10.6 Å². The van der Waals surface area contributed by atoms with Crippen molar-refractivity contribution in [2.45, 2.75) is 0 Å². The van der Waals surface area contributed by atoms with Crippen LogP contribution in [-0.2, 0) is 0 Å². The van der Waals surface area contributed by atoms with Crippen molar-refractivity contribution in [1.29, 1.82) is 0 Å². The molecule has 108 valence electrons. The lowest BCUT2D eigenvalue weighted by Crippen LogP contribution is -2.19. The van der Waals surface area contributed by atoms with Crippen molar-refractivity contribution in [2.24, 2.45) is 0 Å². The summed E-state index contributed by atoms with van der Waals surface area (Å²) < 4.78 is 26.0. The van der Waals surface area contributed by atoms with Gasteiger partial charge >= 0.3 is 6.03 Å². The van der Waals surface area contributed by atoms with Crippen LogP contribution in [0.4, 0.5) is 25.0 Å². The number of hydrogen-bond donors (Lipinski definition) is 3. The summed E-state index contributed by atoms with van der Waals surface area (Å²) in [6.07, 6.45) is 0.265. The number of carbonyl (C=O) groups excluding carboxylic acids is 2. The molecule has 0 aromatic heterocycles. The van der Waals surface area contributed by atoms with Crippen molar-refractivity contribution in [3.8, 4) is 5.75 Å². The van der Waals surface area contributed by atoms with Gasteiger partial charge in [0.1, 0.15) is 5.82 Å². The number of hydrogen-bond acceptors (Lipinski definition) is 3. The fraction of sp³-hybridized carbons (Fsp3) is 0. The van der Waals surface area contributed by atoms with E-state index in [0.717, 1.165) is 12.1 Å². The zero-order valence-corrected chi connectivity index (χ0v) is 10.6. The number of phenols is 1. The third-order valence-electron chi connectivity index (χ3n) is 2.58. The lowest BCUT2D eigenvalue weighted by atomic mass is 10.2. The maximum absolute atomic E-state index is 13.3. The molecule has 0 saturated carbocycles. The van der Waals surface area contributed by atoms with Crippen molar-refractivity contribution in [3.63, 3.8) is 0 Å². The number of benzene rings is 2. The number of anilines is 2. The Bertz CT molecular complexity index is 687. The Morgan fingerprint density at radius 2 is 1.67 bits per heavy atom. The quantitative estimate of drug-likeness (QED) is 0.600. The van der Waals surface area contributed by atoms with Crippen molar-refractivity contribution >= 4 is 23.7 Å². The summed E-state index contributed by atoms with van der Waals surface area (Å²) in [4.78, 5) is 22.3. The van der Waals surface area contributed by atoms with Crippen molar-refractivity contribution in [1.82, 2.24) is 0 Å². The molecule has 0 heterocycles. The molecule has 2 amide bonds. The van der Waals surface area contributed by atoms with Gasteiger partial charge in [0.15, 0.2) is 17.9 Å². The average Bonchev–Trinajstić information content (AvgIpc) is 2.45. The zero-order chi connectivity index (χ0) is 15.4. The van der Waals surface area contributed by atoms with Crippen LogP contribution < -0.4 is 10.6 Å². The molecule has 21 heavy (non-hydrogen) atoms. The van der Waals surface area contributed by atoms with Crippen LogP contribution in [0, 0.1) is 11.6 Å². The molecule has 7 heteroatoms. The van der Waals surface area contributed by atoms with Crippen LogP contribution >= 0.6 is 0 Å². The summed E-state index contributed by atoms with van der Waals surface area (Å²) in [5, 5.41) is 13.9. The number of aldehydes is 1. The molecule has 0 atom stereocenters. The van der Waals surface area contributed by atoms with Gasteiger partial charge in [0.25, 0.3) is 0 Å². The fourth-order valence-corrected chi connectivity index (χ4v) is 1.61.